The number of carboxylic acids is 1. The van der Waals surface area contributed by atoms with Crippen LogP contribution in [0.3, 0.4) is 0 Å². The first kappa shape index (κ1) is 13.4. The number of rotatable bonds is 4. The second-order valence-electron chi connectivity index (χ2n) is 3.54. The Morgan fingerprint density at radius 1 is 1.37 bits per heavy atom. The predicted molar refractivity (Wildman–Crippen MR) is 69.7 cm³/mol. The lowest BCUT2D eigenvalue weighted by atomic mass is 10.1. The Bertz CT molecular complexity index is 623. The number of aromatic carboxylic acids is 1. The maximum absolute atomic E-state index is 10.8. The Kier molecular flexibility index (Phi) is 3.75. The molecule has 0 aliphatic heterocycles. The Balaban J connectivity index is 2.62. The number of halogens is 1. The van der Waals surface area contributed by atoms with Gasteiger partial charge in [0.2, 0.25) is 5.76 Å². The fourth-order valence-corrected chi connectivity index (χ4v) is 2.15. The molecule has 0 saturated heterocycles. The number of hydrogen-bond acceptors (Lipinski definition) is 5. The minimum atomic E-state index is -1.18. The third-order valence-electron chi connectivity index (χ3n) is 2.47. The highest BCUT2D eigenvalue weighted by Crippen LogP contribution is 2.42. The van der Waals surface area contributed by atoms with Gasteiger partial charge >= 0.3 is 5.97 Å². The summed E-state index contributed by atoms with van der Waals surface area (Å²) in [6, 6.07) is 4.81. The molecule has 0 fully saturated rings. The topological polar surface area (TPSA) is 81.8 Å². The molecule has 0 spiro atoms. The molecule has 0 bridgehead atoms. The number of hydrogen-bond donors (Lipinski definition) is 1. The highest BCUT2D eigenvalue weighted by molar-refractivity contribution is 9.10. The molecule has 7 heteroatoms. The molecule has 0 saturated carbocycles. The molecular weight excluding hydrogens is 318 g/mol. The van der Waals surface area contributed by atoms with Crippen LogP contribution in [0.1, 0.15) is 10.6 Å². The number of carbonyl (C=O) groups is 1. The SMILES string of the molecule is COc1ccc(Br)c(-c2cc(C(=O)O)on2)c1OC. The zero-order valence-electron chi connectivity index (χ0n) is 10.1. The molecule has 2 rings (SSSR count). The average Bonchev–Trinajstić information content (AvgIpc) is 2.87. The number of ether oxygens (including phenoxy) is 2. The van der Waals surface area contributed by atoms with Crippen LogP contribution in [0.25, 0.3) is 11.3 Å². The van der Waals surface area contributed by atoms with Gasteiger partial charge in [-0.3, -0.25) is 0 Å². The molecule has 0 atom stereocenters. The molecule has 1 aromatic carbocycles. The normalized spacial score (nSPS) is 10.3. The summed E-state index contributed by atoms with van der Waals surface area (Å²) in [5, 5.41) is 12.6. The number of aromatic nitrogens is 1. The van der Waals surface area contributed by atoms with Gasteiger partial charge in [-0.15, -0.1) is 0 Å². The van der Waals surface area contributed by atoms with E-state index < -0.39 is 5.97 Å². The second kappa shape index (κ2) is 5.31. The van der Waals surface area contributed by atoms with Gasteiger partial charge in [0, 0.05) is 10.5 Å². The summed E-state index contributed by atoms with van der Waals surface area (Å²) < 4.78 is 15.9. The third kappa shape index (κ3) is 2.41. The molecule has 100 valence electrons. The van der Waals surface area contributed by atoms with Crippen molar-refractivity contribution in [2.75, 3.05) is 14.2 Å². The van der Waals surface area contributed by atoms with Crippen LogP contribution in [-0.2, 0) is 0 Å². The molecule has 0 aliphatic rings. The van der Waals surface area contributed by atoms with Gasteiger partial charge in [-0.1, -0.05) is 5.16 Å². The van der Waals surface area contributed by atoms with E-state index in [4.69, 9.17) is 19.1 Å². The minimum Gasteiger partial charge on any atom is -0.493 e. The quantitative estimate of drug-likeness (QED) is 0.929. The van der Waals surface area contributed by atoms with Gasteiger partial charge in [-0.2, -0.15) is 0 Å². The summed E-state index contributed by atoms with van der Waals surface area (Å²) in [7, 11) is 3.01. The van der Waals surface area contributed by atoms with Gasteiger partial charge in [-0.05, 0) is 28.1 Å². The fraction of sp³-hybridized carbons (Fsp3) is 0.167. The van der Waals surface area contributed by atoms with E-state index in [0.717, 1.165) is 0 Å². The molecule has 0 unspecified atom stereocenters. The van der Waals surface area contributed by atoms with E-state index in [2.05, 4.69) is 21.1 Å². The molecule has 1 aromatic heterocycles. The molecular formula is C12H10BrNO5. The second-order valence-corrected chi connectivity index (χ2v) is 4.39. The van der Waals surface area contributed by atoms with E-state index in [1.54, 1.807) is 12.1 Å². The first-order chi connectivity index (χ1) is 9.08. The minimum absolute atomic E-state index is 0.244. The predicted octanol–water partition coefficient (Wildman–Crippen LogP) is 2.82. The number of nitrogens with zero attached hydrogens (tertiary/aromatic N) is 1. The van der Waals surface area contributed by atoms with Gasteiger partial charge < -0.3 is 19.1 Å². The van der Waals surface area contributed by atoms with Crippen molar-refractivity contribution in [3.8, 4) is 22.8 Å². The summed E-state index contributed by atoms with van der Waals surface area (Å²) in [4.78, 5) is 10.8. The van der Waals surface area contributed by atoms with Crippen LogP contribution in [0.5, 0.6) is 11.5 Å². The van der Waals surface area contributed by atoms with Crippen molar-refractivity contribution in [2.24, 2.45) is 0 Å². The molecule has 1 heterocycles. The molecule has 1 N–H and O–H groups in total. The van der Waals surface area contributed by atoms with E-state index in [9.17, 15) is 4.79 Å². The van der Waals surface area contributed by atoms with Crippen molar-refractivity contribution >= 4 is 21.9 Å². The molecule has 2 aromatic rings. The highest BCUT2D eigenvalue weighted by Gasteiger charge is 2.20. The van der Waals surface area contributed by atoms with Crippen LogP contribution < -0.4 is 9.47 Å². The largest absolute Gasteiger partial charge is 0.493 e. The monoisotopic (exact) mass is 327 g/mol. The van der Waals surface area contributed by atoms with Crippen LogP contribution in [0, 0.1) is 0 Å². The van der Waals surface area contributed by atoms with Crippen molar-refractivity contribution in [1.82, 2.24) is 5.16 Å². The Morgan fingerprint density at radius 2 is 2.11 bits per heavy atom. The number of carboxylic acid groups (broad SMARTS) is 1. The van der Waals surface area contributed by atoms with Crippen LogP contribution in [0.4, 0.5) is 0 Å². The standard InChI is InChI=1S/C12H10BrNO5/c1-17-8-4-3-6(13)10(11(8)18-2)7-5-9(12(15)16)19-14-7/h3-5H,1-2H3,(H,15,16). The molecule has 0 aliphatic carbocycles. The van der Waals surface area contributed by atoms with E-state index >= 15 is 0 Å². The van der Waals surface area contributed by atoms with E-state index in [1.165, 1.54) is 20.3 Å². The van der Waals surface area contributed by atoms with Crippen molar-refractivity contribution in [1.29, 1.82) is 0 Å². The first-order valence-electron chi connectivity index (χ1n) is 5.19. The summed E-state index contributed by atoms with van der Waals surface area (Å²) in [6.45, 7) is 0. The van der Waals surface area contributed by atoms with Crippen LogP contribution in [-0.4, -0.2) is 30.5 Å². The van der Waals surface area contributed by atoms with Crippen molar-refractivity contribution in [3.63, 3.8) is 0 Å². The zero-order chi connectivity index (χ0) is 14.0. The molecule has 0 radical (unpaired) electrons. The Morgan fingerprint density at radius 3 is 2.63 bits per heavy atom. The van der Waals surface area contributed by atoms with E-state index in [1.807, 2.05) is 0 Å². The summed E-state index contributed by atoms with van der Waals surface area (Å²) in [5.41, 5.74) is 0.915. The molecule has 0 amide bonds. The van der Waals surface area contributed by atoms with Gasteiger partial charge in [0.25, 0.3) is 0 Å². The van der Waals surface area contributed by atoms with Gasteiger partial charge in [0.15, 0.2) is 11.5 Å². The van der Waals surface area contributed by atoms with Crippen LogP contribution in [0.2, 0.25) is 0 Å². The molecule has 6 nitrogen and oxygen atoms in total. The summed E-state index contributed by atoms with van der Waals surface area (Å²) in [6.07, 6.45) is 0. The maximum atomic E-state index is 10.8. The van der Waals surface area contributed by atoms with Crippen molar-refractivity contribution in [2.45, 2.75) is 0 Å². The Hall–Kier alpha value is -2.02. The van der Waals surface area contributed by atoms with E-state index in [0.29, 0.717) is 27.2 Å². The van der Waals surface area contributed by atoms with E-state index in [-0.39, 0.29) is 5.76 Å². The van der Waals surface area contributed by atoms with Crippen LogP contribution >= 0.6 is 15.9 Å². The zero-order valence-corrected chi connectivity index (χ0v) is 11.7. The highest BCUT2D eigenvalue weighted by atomic mass is 79.9. The van der Waals surface area contributed by atoms with Crippen molar-refractivity contribution in [3.05, 3.63) is 28.4 Å². The lowest BCUT2D eigenvalue weighted by molar-refractivity contribution is 0.0652. The van der Waals surface area contributed by atoms with Crippen molar-refractivity contribution < 1.29 is 23.9 Å². The van der Waals surface area contributed by atoms with Gasteiger partial charge in [0.05, 0.1) is 19.8 Å². The average molecular weight is 328 g/mol. The molecule has 19 heavy (non-hydrogen) atoms. The third-order valence-corrected chi connectivity index (χ3v) is 3.13. The number of benzene rings is 1. The van der Waals surface area contributed by atoms with Crippen LogP contribution in [0.15, 0.2) is 27.2 Å². The Labute approximate surface area is 117 Å². The van der Waals surface area contributed by atoms with Gasteiger partial charge in [-0.25, -0.2) is 4.79 Å². The summed E-state index contributed by atoms with van der Waals surface area (Å²) in [5.74, 6) is -0.466. The lowest BCUT2D eigenvalue weighted by Crippen LogP contribution is -1.94. The fourth-order valence-electron chi connectivity index (χ4n) is 1.64. The lowest BCUT2D eigenvalue weighted by Gasteiger charge is -2.12. The number of methoxy groups -OCH3 is 2. The summed E-state index contributed by atoms with van der Waals surface area (Å²) >= 11 is 3.37. The smallest absolute Gasteiger partial charge is 0.374 e. The maximum Gasteiger partial charge on any atom is 0.374 e. The van der Waals surface area contributed by atoms with Gasteiger partial charge in [0.1, 0.15) is 5.69 Å². The first-order valence-corrected chi connectivity index (χ1v) is 5.98.